The van der Waals surface area contributed by atoms with Crippen LogP contribution in [0.1, 0.15) is 47.0 Å². The van der Waals surface area contributed by atoms with Crippen molar-refractivity contribution in [3.05, 3.63) is 0 Å². The Hall–Kier alpha value is -0.610. The van der Waals surface area contributed by atoms with Crippen LogP contribution in [0.4, 0.5) is 0 Å². The van der Waals surface area contributed by atoms with E-state index >= 15 is 0 Å². The van der Waals surface area contributed by atoms with Crippen molar-refractivity contribution in [1.29, 1.82) is 0 Å². The first kappa shape index (κ1) is 15.4. The summed E-state index contributed by atoms with van der Waals surface area (Å²) in [4.78, 5) is 14.5. The summed E-state index contributed by atoms with van der Waals surface area (Å²) in [5, 5.41) is 3.46. The van der Waals surface area contributed by atoms with Crippen LogP contribution in [0.25, 0.3) is 0 Å². The van der Waals surface area contributed by atoms with Gasteiger partial charge in [0.2, 0.25) is 5.91 Å². The second-order valence-electron chi connectivity index (χ2n) is 5.46. The number of amides is 1. The van der Waals surface area contributed by atoms with E-state index in [0.29, 0.717) is 12.5 Å². The van der Waals surface area contributed by atoms with Crippen LogP contribution in [0, 0.1) is 5.92 Å². The molecule has 1 aliphatic heterocycles. The van der Waals surface area contributed by atoms with E-state index in [1.54, 1.807) is 7.11 Å². The normalized spacial score (nSPS) is 26.1. The van der Waals surface area contributed by atoms with Crippen molar-refractivity contribution >= 4 is 5.91 Å². The summed E-state index contributed by atoms with van der Waals surface area (Å²) in [6, 6.07) is 0.167. The highest BCUT2D eigenvalue weighted by molar-refractivity contribution is 5.85. The van der Waals surface area contributed by atoms with E-state index in [-0.39, 0.29) is 24.2 Å². The van der Waals surface area contributed by atoms with E-state index < -0.39 is 0 Å². The maximum atomic E-state index is 12.5. The molecule has 1 rings (SSSR count). The molecule has 1 saturated heterocycles. The number of methoxy groups -OCH3 is 1. The Morgan fingerprint density at radius 2 is 2.06 bits per heavy atom. The lowest BCUT2D eigenvalue weighted by Crippen LogP contribution is -2.46. The molecule has 1 fully saturated rings. The average Bonchev–Trinajstić information content (AvgIpc) is 2.66. The first-order chi connectivity index (χ1) is 8.56. The highest BCUT2D eigenvalue weighted by Crippen LogP contribution is 2.23. The standard InChI is InChI=1S/C14H28N2O2/c1-6-8-11(9-18-5)16-12(7-2)15-13(10(3)4)14(16)17/h10-13,15H,6-9H2,1-5H3. The number of nitrogens with one attached hydrogen (secondary N) is 1. The first-order valence-corrected chi connectivity index (χ1v) is 7.13. The molecule has 3 atom stereocenters. The van der Waals surface area contributed by atoms with Crippen LogP contribution in [-0.2, 0) is 9.53 Å². The Morgan fingerprint density at radius 3 is 2.50 bits per heavy atom. The lowest BCUT2D eigenvalue weighted by molar-refractivity contribution is -0.134. The summed E-state index contributed by atoms with van der Waals surface area (Å²) < 4.78 is 5.28. The molecule has 1 amide bonds. The fourth-order valence-electron chi connectivity index (χ4n) is 2.73. The molecule has 0 aromatic carbocycles. The molecule has 0 aromatic heterocycles. The molecule has 106 valence electrons. The van der Waals surface area contributed by atoms with Crippen LogP contribution < -0.4 is 5.32 Å². The molecule has 1 heterocycles. The summed E-state index contributed by atoms with van der Waals surface area (Å²) in [6.45, 7) is 9.09. The third-order valence-corrected chi connectivity index (χ3v) is 3.66. The van der Waals surface area contributed by atoms with E-state index in [0.717, 1.165) is 19.3 Å². The Labute approximate surface area is 111 Å². The smallest absolute Gasteiger partial charge is 0.241 e. The molecule has 1 N–H and O–H groups in total. The number of hydrogen-bond acceptors (Lipinski definition) is 3. The highest BCUT2D eigenvalue weighted by Gasteiger charge is 2.42. The number of carbonyl (C=O) groups excluding carboxylic acids is 1. The lowest BCUT2D eigenvalue weighted by Gasteiger charge is -2.31. The predicted octanol–water partition coefficient (Wildman–Crippen LogP) is 1.99. The maximum Gasteiger partial charge on any atom is 0.241 e. The van der Waals surface area contributed by atoms with Crippen molar-refractivity contribution in [1.82, 2.24) is 10.2 Å². The molecule has 0 aliphatic carbocycles. The van der Waals surface area contributed by atoms with Crippen LogP contribution >= 0.6 is 0 Å². The number of carbonyl (C=O) groups is 1. The van der Waals surface area contributed by atoms with Gasteiger partial charge in [0.1, 0.15) is 0 Å². The van der Waals surface area contributed by atoms with Gasteiger partial charge in [0, 0.05) is 7.11 Å². The Bertz CT molecular complexity index is 263. The van der Waals surface area contributed by atoms with Gasteiger partial charge in [0.05, 0.1) is 24.9 Å². The van der Waals surface area contributed by atoms with Crippen molar-refractivity contribution < 1.29 is 9.53 Å². The zero-order valence-electron chi connectivity index (χ0n) is 12.4. The Morgan fingerprint density at radius 1 is 1.39 bits per heavy atom. The van der Waals surface area contributed by atoms with Crippen molar-refractivity contribution in [3.8, 4) is 0 Å². The summed E-state index contributed by atoms with van der Waals surface area (Å²) >= 11 is 0. The summed E-state index contributed by atoms with van der Waals surface area (Å²) in [7, 11) is 1.71. The number of ether oxygens (including phenoxy) is 1. The molecule has 4 heteroatoms. The molecule has 0 saturated carbocycles. The largest absolute Gasteiger partial charge is 0.383 e. The van der Waals surface area contributed by atoms with Crippen molar-refractivity contribution in [2.45, 2.75) is 65.2 Å². The van der Waals surface area contributed by atoms with Gasteiger partial charge in [-0.1, -0.05) is 34.1 Å². The van der Waals surface area contributed by atoms with Gasteiger partial charge in [0.25, 0.3) is 0 Å². The zero-order valence-corrected chi connectivity index (χ0v) is 12.4. The number of nitrogens with zero attached hydrogens (tertiary/aromatic N) is 1. The monoisotopic (exact) mass is 256 g/mol. The zero-order chi connectivity index (χ0) is 13.7. The quantitative estimate of drug-likeness (QED) is 0.757. The minimum atomic E-state index is -0.0360. The van der Waals surface area contributed by atoms with Crippen LogP contribution in [0.3, 0.4) is 0 Å². The van der Waals surface area contributed by atoms with Gasteiger partial charge in [-0.15, -0.1) is 0 Å². The molecule has 3 unspecified atom stereocenters. The molecular weight excluding hydrogens is 228 g/mol. The van der Waals surface area contributed by atoms with E-state index in [1.165, 1.54) is 0 Å². The van der Waals surface area contributed by atoms with Crippen molar-refractivity contribution in [3.63, 3.8) is 0 Å². The number of rotatable bonds is 7. The molecule has 0 radical (unpaired) electrons. The van der Waals surface area contributed by atoms with Crippen molar-refractivity contribution in [2.24, 2.45) is 5.92 Å². The van der Waals surface area contributed by atoms with Crippen LogP contribution in [0.2, 0.25) is 0 Å². The highest BCUT2D eigenvalue weighted by atomic mass is 16.5. The predicted molar refractivity (Wildman–Crippen MR) is 73.3 cm³/mol. The van der Waals surface area contributed by atoms with E-state index in [1.807, 2.05) is 4.90 Å². The van der Waals surface area contributed by atoms with Crippen molar-refractivity contribution in [2.75, 3.05) is 13.7 Å². The van der Waals surface area contributed by atoms with Gasteiger partial charge < -0.3 is 9.64 Å². The SMILES string of the molecule is CCCC(COC)N1C(=O)C(C(C)C)NC1CC. The molecule has 4 nitrogen and oxygen atoms in total. The second-order valence-corrected chi connectivity index (χ2v) is 5.46. The van der Waals surface area contributed by atoms with Gasteiger partial charge in [0.15, 0.2) is 0 Å². The van der Waals surface area contributed by atoms with Gasteiger partial charge in [-0.05, 0) is 18.8 Å². The van der Waals surface area contributed by atoms with Crippen LogP contribution in [-0.4, -0.2) is 42.8 Å². The summed E-state index contributed by atoms with van der Waals surface area (Å²) in [5.41, 5.74) is 0. The van der Waals surface area contributed by atoms with Gasteiger partial charge in [-0.25, -0.2) is 0 Å². The topological polar surface area (TPSA) is 41.6 Å². The van der Waals surface area contributed by atoms with Crippen LogP contribution in [0.5, 0.6) is 0 Å². The van der Waals surface area contributed by atoms with Gasteiger partial charge in [-0.2, -0.15) is 0 Å². The van der Waals surface area contributed by atoms with E-state index in [9.17, 15) is 4.79 Å². The molecule has 0 spiro atoms. The fraction of sp³-hybridized carbons (Fsp3) is 0.929. The minimum absolute atomic E-state index is 0.0360. The molecule has 18 heavy (non-hydrogen) atoms. The lowest BCUT2D eigenvalue weighted by atomic mass is 10.0. The third kappa shape index (κ3) is 3.23. The van der Waals surface area contributed by atoms with Crippen LogP contribution in [0.15, 0.2) is 0 Å². The van der Waals surface area contributed by atoms with Gasteiger partial charge >= 0.3 is 0 Å². The van der Waals surface area contributed by atoms with Gasteiger partial charge in [-0.3, -0.25) is 10.1 Å². The second kappa shape index (κ2) is 7.10. The Balaban J connectivity index is 2.84. The third-order valence-electron chi connectivity index (χ3n) is 3.66. The molecule has 0 aromatic rings. The molecule has 0 bridgehead atoms. The minimum Gasteiger partial charge on any atom is -0.383 e. The maximum absolute atomic E-state index is 12.5. The van der Waals surface area contributed by atoms with E-state index in [2.05, 4.69) is 33.0 Å². The first-order valence-electron chi connectivity index (χ1n) is 7.13. The summed E-state index contributed by atoms with van der Waals surface area (Å²) in [5.74, 6) is 0.578. The molecule has 1 aliphatic rings. The molecular formula is C14H28N2O2. The van der Waals surface area contributed by atoms with E-state index in [4.69, 9.17) is 4.74 Å². The fourth-order valence-corrected chi connectivity index (χ4v) is 2.73. The number of hydrogen-bond donors (Lipinski definition) is 1. The Kier molecular flexibility index (Phi) is 6.09. The summed E-state index contributed by atoms with van der Waals surface area (Å²) in [6.07, 6.45) is 3.18. The average molecular weight is 256 g/mol.